The van der Waals surface area contributed by atoms with Crippen LogP contribution < -0.4 is 4.43 Å². The Kier molecular flexibility index (Phi) is 4.80. The van der Waals surface area contributed by atoms with Crippen molar-refractivity contribution < 1.29 is 14.6 Å². The molecule has 0 amide bonds. The molecule has 3 nitrogen and oxygen atoms in total. The Bertz CT molecular complexity index is 753. The zero-order chi connectivity index (χ0) is 20.5. The van der Waals surface area contributed by atoms with Crippen molar-refractivity contribution in [1.82, 2.24) is 0 Å². The van der Waals surface area contributed by atoms with Crippen LogP contribution in [0.25, 0.3) is 0 Å². The van der Waals surface area contributed by atoms with Crippen LogP contribution in [0.2, 0.25) is 18.1 Å². The summed E-state index contributed by atoms with van der Waals surface area (Å²) in [4.78, 5) is 0. The number of aliphatic hydroxyl groups is 2. The summed E-state index contributed by atoms with van der Waals surface area (Å²) in [5.41, 5.74) is 2.58. The maximum absolute atomic E-state index is 11.1. The molecule has 28 heavy (non-hydrogen) atoms. The first-order chi connectivity index (χ1) is 12.9. The Balaban J connectivity index is 1.62. The molecule has 2 fully saturated rings. The van der Waals surface area contributed by atoms with Crippen molar-refractivity contribution in [2.45, 2.75) is 96.1 Å². The zero-order valence-corrected chi connectivity index (χ0v) is 19.5. The molecule has 0 saturated heterocycles. The highest BCUT2D eigenvalue weighted by atomic mass is 28.4. The van der Waals surface area contributed by atoms with Crippen molar-refractivity contribution in [1.29, 1.82) is 0 Å². The summed E-state index contributed by atoms with van der Waals surface area (Å²) in [6.45, 7) is 13.6. The summed E-state index contributed by atoms with van der Waals surface area (Å²) in [7, 11) is -1.85. The lowest BCUT2D eigenvalue weighted by Gasteiger charge is -2.52. The fourth-order valence-corrected chi connectivity index (χ4v) is 7.15. The summed E-state index contributed by atoms with van der Waals surface area (Å²) in [6.07, 6.45) is 4.28. The van der Waals surface area contributed by atoms with Gasteiger partial charge in [-0.25, -0.2) is 0 Å². The molecule has 3 unspecified atom stereocenters. The van der Waals surface area contributed by atoms with Crippen LogP contribution in [0.15, 0.2) is 18.2 Å². The van der Waals surface area contributed by atoms with Gasteiger partial charge in [0.1, 0.15) is 5.75 Å². The second-order valence-electron chi connectivity index (χ2n) is 11.4. The number of hydrogen-bond acceptors (Lipinski definition) is 3. The Morgan fingerprint density at radius 2 is 1.82 bits per heavy atom. The van der Waals surface area contributed by atoms with E-state index >= 15 is 0 Å². The van der Waals surface area contributed by atoms with Gasteiger partial charge in [-0.15, -0.1) is 0 Å². The van der Waals surface area contributed by atoms with Gasteiger partial charge in [-0.05, 0) is 90.7 Å². The van der Waals surface area contributed by atoms with Crippen LogP contribution in [-0.4, -0.2) is 30.7 Å². The fourth-order valence-electron chi connectivity index (χ4n) is 6.12. The number of rotatable bonds is 2. The van der Waals surface area contributed by atoms with Crippen molar-refractivity contribution >= 4 is 8.32 Å². The van der Waals surface area contributed by atoms with Gasteiger partial charge in [-0.2, -0.15) is 0 Å². The SMILES string of the molecule is CC(C)(C)[Si](C)(C)Oc1ccc2c(c1)CCC1C2[C@@H](O)C[C@@]2(C)C1CC[C@@H]2O. The third-order valence-corrected chi connectivity index (χ3v) is 13.2. The van der Waals surface area contributed by atoms with E-state index in [1.807, 2.05) is 0 Å². The second kappa shape index (κ2) is 6.58. The van der Waals surface area contributed by atoms with Gasteiger partial charge in [0.05, 0.1) is 12.2 Å². The van der Waals surface area contributed by atoms with Gasteiger partial charge < -0.3 is 14.6 Å². The number of hydrogen-bond donors (Lipinski definition) is 2. The molecule has 0 bridgehead atoms. The van der Waals surface area contributed by atoms with E-state index in [0.717, 1.165) is 37.9 Å². The maximum atomic E-state index is 11.1. The zero-order valence-electron chi connectivity index (χ0n) is 18.5. The highest BCUT2D eigenvalue weighted by Crippen LogP contribution is 2.61. The van der Waals surface area contributed by atoms with E-state index in [1.165, 1.54) is 11.1 Å². The van der Waals surface area contributed by atoms with E-state index in [2.05, 4.69) is 59.0 Å². The fraction of sp³-hybridized carbons (Fsp3) is 0.750. The molecule has 1 aromatic carbocycles. The molecule has 156 valence electrons. The topological polar surface area (TPSA) is 49.7 Å². The van der Waals surface area contributed by atoms with E-state index in [9.17, 15) is 10.2 Å². The quantitative estimate of drug-likeness (QED) is 0.664. The normalized spacial score (nSPS) is 37.8. The van der Waals surface area contributed by atoms with Gasteiger partial charge in [0.15, 0.2) is 0 Å². The van der Waals surface area contributed by atoms with Gasteiger partial charge in [0, 0.05) is 5.92 Å². The van der Waals surface area contributed by atoms with Gasteiger partial charge in [0.2, 0.25) is 8.32 Å². The summed E-state index contributed by atoms with van der Waals surface area (Å²) < 4.78 is 6.54. The molecule has 0 aliphatic heterocycles. The Labute approximate surface area is 171 Å². The minimum absolute atomic E-state index is 0.108. The highest BCUT2D eigenvalue weighted by Gasteiger charge is 2.57. The number of fused-ring (bicyclic) bond motifs is 5. The van der Waals surface area contributed by atoms with Crippen LogP contribution in [0.5, 0.6) is 5.75 Å². The molecular weight excluding hydrogens is 364 g/mol. The Morgan fingerprint density at radius 1 is 1.11 bits per heavy atom. The van der Waals surface area contributed by atoms with Gasteiger partial charge in [0.25, 0.3) is 0 Å². The van der Waals surface area contributed by atoms with Crippen LogP contribution in [-0.2, 0) is 6.42 Å². The molecule has 2 saturated carbocycles. The third kappa shape index (κ3) is 3.07. The lowest BCUT2D eigenvalue weighted by atomic mass is 9.54. The lowest BCUT2D eigenvalue weighted by Crippen LogP contribution is -2.50. The van der Waals surface area contributed by atoms with E-state index in [-0.39, 0.29) is 28.6 Å². The van der Waals surface area contributed by atoms with E-state index in [0.29, 0.717) is 11.8 Å². The van der Waals surface area contributed by atoms with Crippen molar-refractivity contribution in [2.24, 2.45) is 17.3 Å². The predicted molar refractivity (Wildman–Crippen MR) is 116 cm³/mol. The molecule has 0 heterocycles. The first kappa shape index (κ1) is 20.4. The molecule has 0 radical (unpaired) electrons. The van der Waals surface area contributed by atoms with Crippen molar-refractivity contribution in [3.8, 4) is 5.75 Å². The second-order valence-corrected chi connectivity index (χ2v) is 16.2. The Hall–Kier alpha value is -0.843. The molecule has 6 atom stereocenters. The summed E-state index contributed by atoms with van der Waals surface area (Å²) in [6, 6.07) is 6.60. The number of benzene rings is 1. The molecule has 3 aliphatic rings. The number of aliphatic hydroxyl groups excluding tert-OH is 2. The predicted octanol–water partition coefficient (Wildman–Crippen LogP) is 5.26. The molecule has 3 aliphatic carbocycles. The monoisotopic (exact) mass is 402 g/mol. The molecule has 2 N–H and O–H groups in total. The largest absolute Gasteiger partial charge is 0.543 e. The average Bonchev–Trinajstić information content (AvgIpc) is 2.88. The van der Waals surface area contributed by atoms with Crippen molar-refractivity contribution in [3.63, 3.8) is 0 Å². The smallest absolute Gasteiger partial charge is 0.250 e. The molecule has 0 spiro atoms. The van der Waals surface area contributed by atoms with Gasteiger partial charge in [-0.3, -0.25) is 0 Å². The first-order valence-corrected chi connectivity index (χ1v) is 14.0. The summed E-state index contributed by atoms with van der Waals surface area (Å²) in [5, 5.41) is 21.9. The first-order valence-electron chi connectivity index (χ1n) is 11.1. The van der Waals surface area contributed by atoms with Gasteiger partial charge >= 0.3 is 0 Å². The number of aryl methyl sites for hydroxylation is 1. The minimum atomic E-state index is -1.85. The Morgan fingerprint density at radius 3 is 2.50 bits per heavy atom. The van der Waals surface area contributed by atoms with Crippen molar-refractivity contribution in [2.75, 3.05) is 0 Å². The molecule has 0 aromatic heterocycles. The molecule has 1 aromatic rings. The van der Waals surface area contributed by atoms with Crippen LogP contribution in [0, 0.1) is 17.3 Å². The van der Waals surface area contributed by atoms with E-state index in [1.54, 1.807) is 0 Å². The van der Waals surface area contributed by atoms with Crippen LogP contribution in [0.1, 0.15) is 70.4 Å². The van der Waals surface area contributed by atoms with Crippen LogP contribution >= 0.6 is 0 Å². The molecular formula is C24H38O3Si. The summed E-state index contributed by atoms with van der Waals surface area (Å²) in [5.74, 6) is 2.24. The molecule has 4 heteroatoms. The highest BCUT2D eigenvalue weighted by molar-refractivity contribution is 6.74. The van der Waals surface area contributed by atoms with Crippen molar-refractivity contribution in [3.05, 3.63) is 29.3 Å². The minimum Gasteiger partial charge on any atom is -0.543 e. The van der Waals surface area contributed by atoms with Crippen LogP contribution in [0.4, 0.5) is 0 Å². The van der Waals surface area contributed by atoms with Gasteiger partial charge in [-0.1, -0.05) is 33.8 Å². The van der Waals surface area contributed by atoms with Crippen LogP contribution in [0.3, 0.4) is 0 Å². The average molecular weight is 403 g/mol. The van der Waals surface area contributed by atoms with E-state index in [4.69, 9.17) is 4.43 Å². The maximum Gasteiger partial charge on any atom is 0.250 e. The van der Waals surface area contributed by atoms with E-state index < -0.39 is 8.32 Å². The standard InChI is InChI=1S/C24H38O3Si/c1-23(2,3)28(5,6)27-16-8-10-17-15(13-16)7-9-18-19-11-12-21(26)24(19,4)14-20(25)22(17)18/h8,10,13,18-22,25-26H,7,9,11-12,14H2,1-6H3/t18?,19?,20-,21-,22?,24-/m0/s1. The third-order valence-electron chi connectivity index (χ3n) is 8.80. The lowest BCUT2D eigenvalue weighted by molar-refractivity contribution is -0.0798. The summed E-state index contributed by atoms with van der Waals surface area (Å²) >= 11 is 0. The molecule has 4 rings (SSSR count).